The fraction of sp³-hybridized carbons (Fsp3) is 0.500. The molecular weight excluding hydrogens is 182 g/mol. The highest BCUT2D eigenvalue weighted by molar-refractivity contribution is 5.69. The zero-order chi connectivity index (χ0) is 9.97. The van der Waals surface area contributed by atoms with E-state index >= 15 is 0 Å². The van der Waals surface area contributed by atoms with Gasteiger partial charge >= 0.3 is 0 Å². The summed E-state index contributed by atoms with van der Waals surface area (Å²) in [7, 11) is 0. The molecule has 0 aromatic carbocycles. The van der Waals surface area contributed by atoms with Crippen molar-refractivity contribution in [2.75, 3.05) is 6.54 Å². The fourth-order valence-corrected chi connectivity index (χ4v) is 1.98. The molecule has 4 heteroatoms. The predicted octanol–water partition coefficient (Wildman–Crippen LogP) is -1.48. The van der Waals surface area contributed by atoms with E-state index in [1.54, 1.807) is 6.26 Å². The Morgan fingerprint density at radius 1 is 1.71 bits per heavy atom. The average Bonchev–Trinajstić information content (AvgIpc) is 2.75. The van der Waals surface area contributed by atoms with Crippen LogP contribution in [-0.4, -0.2) is 18.6 Å². The van der Waals surface area contributed by atoms with Crippen LogP contribution in [0.25, 0.3) is 0 Å². The van der Waals surface area contributed by atoms with Gasteiger partial charge in [0.1, 0.15) is 11.8 Å². The predicted molar refractivity (Wildman–Crippen MR) is 46.1 cm³/mol. The Labute approximate surface area is 81.9 Å². The van der Waals surface area contributed by atoms with Crippen LogP contribution in [0, 0.1) is 5.92 Å². The molecule has 0 amide bonds. The molecule has 1 fully saturated rings. The minimum atomic E-state index is -0.952. The van der Waals surface area contributed by atoms with Crippen molar-refractivity contribution in [3.05, 3.63) is 24.2 Å². The molecule has 14 heavy (non-hydrogen) atoms. The van der Waals surface area contributed by atoms with Crippen molar-refractivity contribution in [1.29, 1.82) is 0 Å². The maximum Gasteiger partial charge on any atom is 0.127 e. The molecule has 0 bridgehead atoms. The van der Waals surface area contributed by atoms with Crippen molar-refractivity contribution in [1.82, 2.24) is 0 Å². The topological polar surface area (TPSA) is 69.9 Å². The smallest absolute Gasteiger partial charge is 0.127 e. The summed E-state index contributed by atoms with van der Waals surface area (Å²) in [6.07, 6.45) is 3.15. The molecule has 2 heterocycles. The SMILES string of the molecule is O=C([O-])[C@@H]1C[C@@H](Cc2ccco2)C[NH2+]1. The van der Waals surface area contributed by atoms with Gasteiger partial charge < -0.3 is 19.6 Å². The number of aliphatic carboxylic acids is 1. The maximum absolute atomic E-state index is 10.6. The molecular formula is C10H13NO3. The molecule has 76 valence electrons. The van der Waals surface area contributed by atoms with E-state index in [-0.39, 0.29) is 6.04 Å². The summed E-state index contributed by atoms with van der Waals surface area (Å²) in [5, 5.41) is 12.4. The first kappa shape index (κ1) is 9.27. The molecule has 0 aliphatic carbocycles. The average molecular weight is 195 g/mol. The number of hydrogen-bond acceptors (Lipinski definition) is 3. The Morgan fingerprint density at radius 2 is 2.57 bits per heavy atom. The standard InChI is InChI=1S/C10H13NO3/c12-10(13)9-5-7(6-11-9)4-8-2-1-3-14-8/h1-3,7,9,11H,4-6H2,(H,12,13)/t7-,9+/m1/s1. The lowest BCUT2D eigenvalue weighted by atomic mass is 10.0. The van der Waals surface area contributed by atoms with Crippen molar-refractivity contribution < 1.29 is 19.6 Å². The van der Waals surface area contributed by atoms with Crippen LogP contribution in [-0.2, 0) is 11.2 Å². The van der Waals surface area contributed by atoms with Crippen molar-refractivity contribution >= 4 is 5.97 Å². The fourth-order valence-electron chi connectivity index (χ4n) is 1.98. The normalized spacial score (nSPS) is 26.6. The van der Waals surface area contributed by atoms with Gasteiger partial charge in [0.25, 0.3) is 0 Å². The number of nitrogens with two attached hydrogens (primary N) is 1. The Kier molecular flexibility index (Phi) is 2.54. The first-order chi connectivity index (χ1) is 6.75. The summed E-state index contributed by atoms with van der Waals surface area (Å²) in [5.41, 5.74) is 0. The number of furan rings is 1. The summed E-state index contributed by atoms with van der Waals surface area (Å²) in [6.45, 7) is 0.847. The third-order valence-electron chi connectivity index (χ3n) is 2.71. The van der Waals surface area contributed by atoms with Crippen molar-refractivity contribution in [2.45, 2.75) is 18.9 Å². The number of quaternary nitrogens is 1. The van der Waals surface area contributed by atoms with Gasteiger partial charge in [-0.3, -0.25) is 0 Å². The summed E-state index contributed by atoms with van der Waals surface area (Å²) in [5.74, 6) is 0.374. The number of rotatable bonds is 3. The minimum absolute atomic E-state index is 0.366. The van der Waals surface area contributed by atoms with Crippen LogP contribution in [0.4, 0.5) is 0 Å². The molecule has 1 aromatic heterocycles. The number of carboxylic acids is 1. The monoisotopic (exact) mass is 195 g/mol. The van der Waals surface area contributed by atoms with E-state index in [1.807, 2.05) is 17.4 Å². The number of carbonyl (C=O) groups is 1. The molecule has 0 unspecified atom stereocenters. The van der Waals surface area contributed by atoms with E-state index in [4.69, 9.17) is 4.42 Å². The van der Waals surface area contributed by atoms with Crippen LogP contribution in [0.3, 0.4) is 0 Å². The van der Waals surface area contributed by atoms with Gasteiger partial charge in [0.2, 0.25) is 0 Å². The summed E-state index contributed by atoms with van der Waals surface area (Å²) in [6, 6.07) is 3.41. The van der Waals surface area contributed by atoms with E-state index < -0.39 is 5.97 Å². The molecule has 1 aliphatic heterocycles. The summed E-state index contributed by atoms with van der Waals surface area (Å²) >= 11 is 0. The van der Waals surface area contributed by atoms with E-state index in [2.05, 4.69) is 0 Å². The quantitative estimate of drug-likeness (QED) is 0.639. The molecule has 4 nitrogen and oxygen atoms in total. The number of carbonyl (C=O) groups excluding carboxylic acids is 1. The first-order valence-electron chi connectivity index (χ1n) is 4.82. The minimum Gasteiger partial charge on any atom is -0.544 e. The Balaban J connectivity index is 1.87. The molecule has 0 spiro atoms. The van der Waals surface area contributed by atoms with Crippen LogP contribution >= 0.6 is 0 Å². The Bertz CT molecular complexity index is 307. The van der Waals surface area contributed by atoms with Crippen LogP contribution in [0.2, 0.25) is 0 Å². The molecule has 0 saturated carbocycles. The number of carboxylic acid groups (broad SMARTS) is 1. The molecule has 2 atom stereocenters. The van der Waals surface area contributed by atoms with E-state index in [0.717, 1.165) is 18.7 Å². The summed E-state index contributed by atoms with van der Waals surface area (Å²) in [4.78, 5) is 10.6. The highest BCUT2D eigenvalue weighted by atomic mass is 16.4. The highest BCUT2D eigenvalue weighted by Crippen LogP contribution is 2.15. The molecule has 1 aromatic rings. The summed E-state index contributed by atoms with van der Waals surface area (Å²) < 4.78 is 5.21. The van der Waals surface area contributed by atoms with Crippen LogP contribution < -0.4 is 10.4 Å². The lowest BCUT2D eigenvalue weighted by Gasteiger charge is -2.06. The van der Waals surface area contributed by atoms with Gasteiger partial charge in [0.05, 0.1) is 18.8 Å². The van der Waals surface area contributed by atoms with Gasteiger partial charge in [-0.25, -0.2) is 0 Å². The van der Waals surface area contributed by atoms with Crippen molar-refractivity contribution in [2.24, 2.45) is 5.92 Å². The molecule has 2 rings (SSSR count). The van der Waals surface area contributed by atoms with Crippen LogP contribution in [0.5, 0.6) is 0 Å². The van der Waals surface area contributed by atoms with Gasteiger partial charge in [-0.05, 0) is 12.1 Å². The molecule has 1 saturated heterocycles. The number of hydrogen-bond donors (Lipinski definition) is 1. The molecule has 0 radical (unpaired) electrons. The van der Waals surface area contributed by atoms with Gasteiger partial charge in [0.15, 0.2) is 0 Å². The van der Waals surface area contributed by atoms with Crippen molar-refractivity contribution in [3.63, 3.8) is 0 Å². The zero-order valence-electron chi connectivity index (χ0n) is 7.81. The van der Waals surface area contributed by atoms with Crippen molar-refractivity contribution in [3.8, 4) is 0 Å². The van der Waals surface area contributed by atoms with Crippen LogP contribution in [0.15, 0.2) is 22.8 Å². The largest absolute Gasteiger partial charge is 0.544 e. The van der Waals surface area contributed by atoms with Crippen LogP contribution in [0.1, 0.15) is 12.2 Å². The van der Waals surface area contributed by atoms with Gasteiger partial charge in [-0.1, -0.05) is 0 Å². The van der Waals surface area contributed by atoms with E-state index in [9.17, 15) is 9.90 Å². The first-order valence-corrected chi connectivity index (χ1v) is 4.82. The Hall–Kier alpha value is -1.29. The lowest BCUT2D eigenvalue weighted by Crippen LogP contribution is -2.90. The molecule has 2 N–H and O–H groups in total. The second-order valence-electron chi connectivity index (χ2n) is 3.78. The lowest BCUT2D eigenvalue weighted by molar-refractivity contribution is -0.666. The molecule has 1 aliphatic rings. The maximum atomic E-state index is 10.6. The van der Waals surface area contributed by atoms with Gasteiger partial charge in [-0.2, -0.15) is 0 Å². The zero-order valence-corrected chi connectivity index (χ0v) is 7.81. The van der Waals surface area contributed by atoms with E-state index in [1.165, 1.54) is 0 Å². The van der Waals surface area contributed by atoms with E-state index in [0.29, 0.717) is 12.3 Å². The second-order valence-corrected chi connectivity index (χ2v) is 3.78. The van der Waals surface area contributed by atoms with Gasteiger partial charge in [0, 0.05) is 18.8 Å². The third kappa shape index (κ3) is 1.96. The van der Waals surface area contributed by atoms with Gasteiger partial charge in [-0.15, -0.1) is 0 Å². The third-order valence-corrected chi connectivity index (χ3v) is 2.71. The Morgan fingerprint density at radius 3 is 3.14 bits per heavy atom. The highest BCUT2D eigenvalue weighted by Gasteiger charge is 2.29. The second kappa shape index (κ2) is 3.84.